The Balaban J connectivity index is 1.31. The minimum atomic E-state index is -0.943. The first-order chi connectivity index (χ1) is 18.4. The Morgan fingerprint density at radius 3 is 2.61 bits per heavy atom. The van der Waals surface area contributed by atoms with E-state index in [2.05, 4.69) is 16.3 Å². The number of halogens is 1. The van der Waals surface area contributed by atoms with Gasteiger partial charge in [-0.05, 0) is 89.5 Å². The molecule has 5 rings (SSSR count). The molecule has 1 aliphatic heterocycles. The second kappa shape index (κ2) is 10.9. The van der Waals surface area contributed by atoms with Crippen molar-refractivity contribution >= 4 is 17.6 Å². The molecule has 4 aromatic carbocycles. The van der Waals surface area contributed by atoms with Crippen molar-refractivity contribution in [1.29, 1.82) is 0 Å². The molecule has 0 radical (unpaired) electrons. The molecule has 0 unspecified atom stereocenters. The molecule has 2 N–H and O–H groups in total. The first kappa shape index (κ1) is 25.2. The first-order valence-corrected chi connectivity index (χ1v) is 12.7. The Hall–Kier alpha value is -4.45. The van der Waals surface area contributed by atoms with Gasteiger partial charge in [0.15, 0.2) is 0 Å². The average molecular weight is 509 g/mol. The number of benzene rings is 4. The Labute approximate surface area is 221 Å². The molecule has 1 amide bonds. The van der Waals surface area contributed by atoms with Crippen LogP contribution in [0.5, 0.6) is 0 Å². The number of anilines is 1. The van der Waals surface area contributed by atoms with Crippen LogP contribution in [0.2, 0.25) is 0 Å². The van der Waals surface area contributed by atoms with Gasteiger partial charge in [0.25, 0.3) is 5.91 Å². The molecular weight excluding hydrogens is 479 g/mol. The maximum Gasteiger partial charge on any atom is 0.336 e. The van der Waals surface area contributed by atoms with E-state index in [-0.39, 0.29) is 23.8 Å². The third kappa shape index (κ3) is 5.44. The van der Waals surface area contributed by atoms with Gasteiger partial charge < -0.3 is 15.3 Å². The SMILES string of the molecule is Cc1ccc(CNC(=O)c2ccc3c(c2)CCCN3Cc2cccc(-c3ccccc3C(=O)O)c2)cc1F. The smallest absolute Gasteiger partial charge is 0.336 e. The minimum Gasteiger partial charge on any atom is -0.478 e. The fourth-order valence-electron chi connectivity index (χ4n) is 4.99. The van der Waals surface area contributed by atoms with Crippen molar-refractivity contribution in [2.24, 2.45) is 0 Å². The number of hydrogen-bond donors (Lipinski definition) is 2. The molecule has 0 atom stereocenters. The van der Waals surface area contributed by atoms with Gasteiger partial charge in [-0.15, -0.1) is 0 Å². The summed E-state index contributed by atoms with van der Waals surface area (Å²) in [5.41, 5.74) is 7.06. The van der Waals surface area contributed by atoms with Gasteiger partial charge in [0.05, 0.1) is 5.56 Å². The number of fused-ring (bicyclic) bond motifs is 1. The Morgan fingerprint density at radius 1 is 0.947 bits per heavy atom. The van der Waals surface area contributed by atoms with Crippen LogP contribution in [-0.2, 0) is 19.5 Å². The predicted octanol–water partition coefficient (Wildman–Crippen LogP) is 6.38. The van der Waals surface area contributed by atoms with Crippen molar-refractivity contribution in [2.45, 2.75) is 32.9 Å². The van der Waals surface area contributed by atoms with Crippen molar-refractivity contribution in [2.75, 3.05) is 11.4 Å². The summed E-state index contributed by atoms with van der Waals surface area (Å²) >= 11 is 0. The van der Waals surface area contributed by atoms with Crippen LogP contribution in [0, 0.1) is 12.7 Å². The summed E-state index contributed by atoms with van der Waals surface area (Å²) in [5.74, 6) is -1.40. The lowest BCUT2D eigenvalue weighted by atomic mass is 9.96. The van der Waals surface area contributed by atoms with Gasteiger partial charge in [0.2, 0.25) is 0 Å². The number of hydrogen-bond acceptors (Lipinski definition) is 3. The predicted molar refractivity (Wildman–Crippen MR) is 147 cm³/mol. The van der Waals surface area contributed by atoms with Crippen LogP contribution in [0.3, 0.4) is 0 Å². The molecule has 5 nitrogen and oxygen atoms in total. The number of carboxylic acid groups (broad SMARTS) is 1. The molecule has 4 aromatic rings. The quantitative estimate of drug-likeness (QED) is 0.304. The highest BCUT2D eigenvalue weighted by atomic mass is 19.1. The molecule has 6 heteroatoms. The highest BCUT2D eigenvalue weighted by molar-refractivity contribution is 5.96. The number of aryl methyl sites for hydroxylation is 2. The maximum absolute atomic E-state index is 13.8. The molecule has 0 aliphatic carbocycles. The van der Waals surface area contributed by atoms with Crippen LogP contribution in [-0.4, -0.2) is 23.5 Å². The molecule has 0 spiro atoms. The Bertz CT molecular complexity index is 1510. The van der Waals surface area contributed by atoms with E-state index in [1.165, 1.54) is 6.07 Å². The summed E-state index contributed by atoms with van der Waals surface area (Å²) in [6.07, 6.45) is 1.87. The second-order valence-electron chi connectivity index (χ2n) is 9.69. The average Bonchev–Trinajstić information content (AvgIpc) is 2.93. The first-order valence-electron chi connectivity index (χ1n) is 12.7. The van der Waals surface area contributed by atoms with Crippen LogP contribution < -0.4 is 10.2 Å². The molecular formula is C32H29FN2O3. The van der Waals surface area contributed by atoms with Crippen molar-refractivity contribution in [3.63, 3.8) is 0 Å². The number of amides is 1. The highest BCUT2D eigenvalue weighted by Crippen LogP contribution is 2.31. The standard InChI is InChI=1S/C32H29FN2O3/c1-21-11-12-22(17-29(21)33)19-34-31(36)26-13-14-30-25(18-26)8-5-15-35(30)20-23-6-4-7-24(16-23)27-9-2-3-10-28(27)32(37)38/h2-4,6-7,9-14,16-18H,5,8,15,19-20H2,1H3,(H,34,36)(H,37,38). The number of rotatable bonds is 7. The number of nitrogens with zero attached hydrogens (tertiary/aromatic N) is 1. The van der Waals surface area contributed by atoms with E-state index < -0.39 is 5.97 Å². The Morgan fingerprint density at radius 2 is 1.79 bits per heavy atom. The number of carbonyl (C=O) groups is 2. The van der Waals surface area contributed by atoms with Crippen LogP contribution >= 0.6 is 0 Å². The zero-order chi connectivity index (χ0) is 26.6. The maximum atomic E-state index is 13.8. The van der Waals surface area contributed by atoms with E-state index in [0.717, 1.165) is 47.3 Å². The monoisotopic (exact) mass is 508 g/mol. The molecule has 0 bridgehead atoms. The van der Waals surface area contributed by atoms with E-state index in [4.69, 9.17) is 0 Å². The van der Waals surface area contributed by atoms with Gasteiger partial charge in [-0.2, -0.15) is 0 Å². The lowest BCUT2D eigenvalue weighted by Gasteiger charge is -2.32. The molecule has 38 heavy (non-hydrogen) atoms. The zero-order valence-corrected chi connectivity index (χ0v) is 21.2. The van der Waals surface area contributed by atoms with Crippen molar-refractivity contribution < 1.29 is 19.1 Å². The van der Waals surface area contributed by atoms with E-state index in [1.807, 2.05) is 54.6 Å². The number of nitrogens with one attached hydrogen (secondary N) is 1. The molecule has 1 aliphatic rings. The molecule has 0 saturated heterocycles. The van der Waals surface area contributed by atoms with Crippen molar-refractivity contribution in [3.8, 4) is 11.1 Å². The molecule has 192 valence electrons. The summed E-state index contributed by atoms with van der Waals surface area (Å²) in [4.78, 5) is 26.8. The summed E-state index contributed by atoms with van der Waals surface area (Å²) < 4.78 is 13.8. The summed E-state index contributed by atoms with van der Waals surface area (Å²) in [6, 6.07) is 25.8. The summed E-state index contributed by atoms with van der Waals surface area (Å²) in [5, 5.41) is 12.5. The van der Waals surface area contributed by atoms with Crippen molar-refractivity contribution in [1.82, 2.24) is 5.32 Å². The minimum absolute atomic E-state index is 0.185. The van der Waals surface area contributed by atoms with Crippen LogP contribution in [0.1, 0.15) is 49.4 Å². The van der Waals surface area contributed by atoms with Gasteiger partial charge >= 0.3 is 5.97 Å². The largest absolute Gasteiger partial charge is 0.478 e. The summed E-state index contributed by atoms with van der Waals surface area (Å²) in [7, 11) is 0. The van der Waals surface area contributed by atoms with Crippen molar-refractivity contribution in [3.05, 3.63) is 124 Å². The van der Waals surface area contributed by atoms with Crippen LogP contribution in [0.25, 0.3) is 11.1 Å². The third-order valence-corrected chi connectivity index (χ3v) is 7.01. The van der Waals surface area contributed by atoms with Crippen LogP contribution in [0.4, 0.5) is 10.1 Å². The number of aromatic carboxylic acids is 1. The lowest BCUT2D eigenvalue weighted by Crippen LogP contribution is -2.29. The van der Waals surface area contributed by atoms with E-state index in [1.54, 1.807) is 25.1 Å². The summed E-state index contributed by atoms with van der Waals surface area (Å²) in [6.45, 7) is 3.55. The number of carbonyl (C=O) groups excluding carboxylic acids is 1. The van der Waals surface area contributed by atoms with Gasteiger partial charge in [0, 0.05) is 30.9 Å². The molecule has 0 fully saturated rings. The van der Waals surface area contributed by atoms with Gasteiger partial charge in [-0.25, -0.2) is 9.18 Å². The second-order valence-corrected chi connectivity index (χ2v) is 9.69. The number of carboxylic acids is 1. The fraction of sp³-hybridized carbons (Fsp3) is 0.188. The molecule has 1 heterocycles. The zero-order valence-electron chi connectivity index (χ0n) is 21.2. The van der Waals surface area contributed by atoms with E-state index in [0.29, 0.717) is 23.2 Å². The lowest BCUT2D eigenvalue weighted by molar-refractivity contribution is 0.0697. The third-order valence-electron chi connectivity index (χ3n) is 7.01. The fourth-order valence-corrected chi connectivity index (χ4v) is 4.99. The normalized spacial score (nSPS) is 12.6. The topological polar surface area (TPSA) is 69.6 Å². The van der Waals surface area contributed by atoms with Gasteiger partial charge in [0.1, 0.15) is 5.82 Å². The highest BCUT2D eigenvalue weighted by Gasteiger charge is 2.20. The van der Waals surface area contributed by atoms with Gasteiger partial charge in [-0.1, -0.05) is 48.5 Å². The van der Waals surface area contributed by atoms with E-state index >= 15 is 0 Å². The van der Waals surface area contributed by atoms with Crippen LogP contribution in [0.15, 0.2) is 84.9 Å². The van der Waals surface area contributed by atoms with E-state index in [9.17, 15) is 19.1 Å². The molecule has 0 aromatic heterocycles. The van der Waals surface area contributed by atoms with Gasteiger partial charge in [-0.3, -0.25) is 4.79 Å². The Kier molecular flexibility index (Phi) is 7.22. The molecule has 0 saturated carbocycles.